The molecule has 0 unspecified atom stereocenters. The van der Waals surface area contributed by atoms with Crippen LogP contribution in [-0.2, 0) is 0 Å². The second-order valence-electron chi connectivity index (χ2n) is 6.26. The third kappa shape index (κ3) is 4.88. The van der Waals surface area contributed by atoms with Crippen molar-refractivity contribution >= 4 is 24.8 Å². The van der Waals surface area contributed by atoms with E-state index in [4.69, 9.17) is 4.98 Å². The first kappa shape index (κ1) is 19.7. The molecule has 1 saturated heterocycles. The van der Waals surface area contributed by atoms with Gasteiger partial charge in [-0.2, -0.15) is 0 Å². The number of hydrogen-bond donors (Lipinski definition) is 1. The van der Waals surface area contributed by atoms with Gasteiger partial charge in [-0.3, -0.25) is 9.88 Å². The molecule has 1 aromatic heterocycles. The van der Waals surface area contributed by atoms with E-state index < -0.39 is 0 Å². The third-order valence-electron chi connectivity index (χ3n) is 3.53. The first-order valence-corrected chi connectivity index (χ1v) is 6.87. The zero-order chi connectivity index (χ0) is 13.2. The van der Waals surface area contributed by atoms with Gasteiger partial charge in [-0.25, -0.2) is 0 Å². The molecule has 116 valence electrons. The van der Waals surface area contributed by atoms with Gasteiger partial charge in [0.2, 0.25) is 0 Å². The van der Waals surface area contributed by atoms with Gasteiger partial charge in [0.1, 0.15) is 0 Å². The largest absolute Gasteiger partial charge is 0.314 e. The van der Waals surface area contributed by atoms with Gasteiger partial charge in [0.05, 0.1) is 11.7 Å². The summed E-state index contributed by atoms with van der Waals surface area (Å²) in [7, 11) is 0. The molecule has 0 amide bonds. The van der Waals surface area contributed by atoms with Crippen molar-refractivity contribution in [2.75, 3.05) is 26.2 Å². The van der Waals surface area contributed by atoms with Crippen molar-refractivity contribution in [3.63, 3.8) is 0 Å². The normalized spacial score (nSPS) is 17.8. The summed E-state index contributed by atoms with van der Waals surface area (Å²) in [6.45, 7) is 13.4. The molecule has 20 heavy (non-hydrogen) atoms. The Balaban J connectivity index is 0.00000180. The van der Waals surface area contributed by atoms with E-state index in [1.54, 1.807) is 0 Å². The van der Waals surface area contributed by atoms with Gasteiger partial charge >= 0.3 is 0 Å². The minimum atomic E-state index is 0. The highest BCUT2D eigenvalue weighted by molar-refractivity contribution is 5.85. The summed E-state index contributed by atoms with van der Waals surface area (Å²) >= 11 is 0. The van der Waals surface area contributed by atoms with E-state index >= 15 is 0 Å². The predicted molar refractivity (Wildman–Crippen MR) is 90.1 cm³/mol. The number of aryl methyl sites for hydroxylation is 1. The van der Waals surface area contributed by atoms with E-state index in [0.29, 0.717) is 6.04 Å². The molecule has 3 nitrogen and oxygen atoms in total. The van der Waals surface area contributed by atoms with Gasteiger partial charge in [0.25, 0.3) is 0 Å². The molecule has 1 aromatic rings. The lowest BCUT2D eigenvalue weighted by Gasteiger charge is -2.42. The third-order valence-corrected chi connectivity index (χ3v) is 3.53. The number of rotatable bonds is 2. The van der Waals surface area contributed by atoms with Crippen LogP contribution in [-0.4, -0.2) is 36.1 Å². The zero-order valence-corrected chi connectivity index (χ0v) is 14.5. The van der Waals surface area contributed by atoms with Gasteiger partial charge in [-0.05, 0) is 24.5 Å². The van der Waals surface area contributed by atoms with Crippen LogP contribution in [0.2, 0.25) is 0 Å². The molecule has 2 rings (SSSR count). The summed E-state index contributed by atoms with van der Waals surface area (Å²) in [5.41, 5.74) is 2.53. The first-order valence-electron chi connectivity index (χ1n) is 6.87. The van der Waals surface area contributed by atoms with Crippen molar-refractivity contribution in [2.24, 2.45) is 5.41 Å². The van der Waals surface area contributed by atoms with Crippen LogP contribution in [0, 0.1) is 12.3 Å². The van der Waals surface area contributed by atoms with Crippen LogP contribution in [0.1, 0.15) is 38.2 Å². The van der Waals surface area contributed by atoms with Crippen molar-refractivity contribution in [2.45, 2.75) is 33.7 Å². The van der Waals surface area contributed by atoms with Crippen LogP contribution in [0.25, 0.3) is 0 Å². The van der Waals surface area contributed by atoms with Gasteiger partial charge in [0.15, 0.2) is 0 Å². The van der Waals surface area contributed by atoms with Crippen LogP contribution in [0.5, 0.6) is 0 Å². The Morgan fingerprint density at radius 1 is 1.15 bits per heavy atom. The summed E-state index contributed by atoms with van der Waals surface area (Å²) < 4.78 is 0. The van der Waals surface area contributed by atoms with Crippen molar-refractivity contribution in [3.8, 4) is 0 Å². The van der Waals surface area contributed by atoms with Crippen molar-refractivity contribution in [3.05, 3.63) is 29.6 Å². The van der Waals surface area contributed by atoms with Crippen LogP contribution in [0.3, 0.4) is 0 Å². The molecule has 1 N–H and O–H groups in total. The van der Waals surface area contributed by atoms with Crippen LogP contribution < -0.4 is 5.32 Å². The fourth-order valence-corrected chi connectivity index (χ4v) is 2.84. The minimum Gasteiger partial charge on any atom is -0.314 e. The lowest BCUT2D eigenvalue weighted by molar-refractivity contribution is 0.0830. The maximum atomic E-state index is 4.75. The molecule has 5 heteroatoms. The zero-order valence-electron chi connectivity index (χ0n) is 12.8. The Hall–Kier alpha value is -0.350. The van der Waals surface area contributed by atoms with E-state index in [9.17, 15) is 0 Å². The Kier molecular flexibility index (Phi) is 8.04. The number of nitrogens with zero attached hydrogens (tertiary/aromatic N) is 2. The summed E-state index contributed by atoms with van der Waals surface area (Å²) in [6.07, 6.45) is 0. The lowest BCUT2D eigenvalue weighted by Crippen LogP contribution is -2.48. The predicted octanol–water partition coefficient (Wildman–Crippen LogP) is 3.23. The highest BCUT2D eigenvalue weighted by Gasteiger charge is 2.33. The number of aromatic nitrogens is 1. The molecular formula is C15H27Cl2N3. The minimum absolute atomic E-state index is 0. The summed E-state index contributed by atoms with van der Waals surface area (Å²) in [5.74, 6) is 0. The molecule has 0 radical (unpaired) electrons. The maximum Gasteiger partial charge on any atom is 0.0583 e. The second-order valence-corrected chi connectivity index (χ2v) is 6.26. The molecule has 1 atom stereocenters. The highest BCUT2D eigenvalue weighted by atomic mass is 35.5. The molecule has 1 aliphatic heterocycles. The topological polar surface area (TPSA) is 28.2 Å². The molecular weight excluding hydrogens is 293 g/mol. The number of hydrogen-bond acceptors (Lipinski definition) is 3. The van der Waals surface area contributed by atoms with Gasteiger partial charge in [-0.15, -0.1) is 24.8 Å². The maximum absolute atomic E-state index is 4.75. The molecule has 1 fully saturated rings. The number of pyridine rings is 1. The van der Waals surface area contributed by atoms with Gasteiger partial charge in [0, 0.05) is 31.9 Å². The molecule has 1 aliphatic rings. The van der Waals surface area contributed by atoms with E-state index in [0.717, 1.165) is 31.9 Å². The first-order chi connectivity index (χ1) is 8.48. The average Bonchev–Trinajstić information content (AvgIpc) is 2.28. The molecule has 0 spiro atoms. The fourth-order valence-electron chi connectivity index (χ4n) is 2.84. The summed E-state index contributed by atoms with van der Waals surface area (Å²) in [4.78, 5) is 7.32. The standard InChI is InChI=1S/C15H25N3.2ClH/c1-12-6-5-7-13(17-12)14(15(2,3)4)18-10-8-16-9-11-18;;/h5-7,14,16H,8-11H2,1-4H3;2*1H/t14-;;/m1../s1. The Bertz CT molecular complexity index is 398. The van der Waals surface area contributed by atoms with Gasteiger partial charge < -0.3 is 5.32 Å². The van der Waals surface area contributed by atoms with E-state index in [1.165, 1.54) is 5.69 Å². The fraction of sp³-hybridized carbons (Fsp3) is 0.667. The van der Waals surface area contributed by atoms with Crippen molar-refractivity contribution in [1.29, 1.82) is 0 Å². The molecule has 0 bridgehead atoms. The Labute approximate surface area is 135 Å². The highest BCUT2D eigenvalue weighted by Crippen LogP contribution is 2.37. The monoisotopic (exact) mass is 319 g/mol. The quantitative estimate of drug-likeness (QED) is 0.907. The van der Waals surface area contributed by atoms with Crippen LogP contribution >= 0.6 is 24.8 Å². The van der Waals surface area contributed by atoms with Crippen LogP contribution in [0.15, 0.2) is 18.2 Å². The number of nitrogens with one attached hydrogen (secondary N) is 1. The summed E-state index contributed by atoms with van der Waals surface area (Å²) in [5, 5.41) is 3.42. The lowest BCUT2D eigenvalue weighted by atomic mass is 9.83. The molecule has 0 saturated carbocycles. The SMILES string of the molecule is Cc1cccc([C@@H](N2CCNCC2)C(C)(C)C)n1.Cl.Cl. The summed E-state index contributed by atoms with van der Waals surface area (Å²) in [6, 6.07) is 6.77. The second kappa shape index (κ2) is 8.18. The van der Waals surface area contributed by atoms with Crippen molar-refractivity contribution < 1.29 is 0 Å². The molecule has 0 aromatic carbocycles. The molecule has 2 heterocycles. The molecule has 0 aliphatic carbocycles. The Morgan fingerprint density at radius 3 is 2.25 bits per heavy atom. The number of piperazine rings is 1. The smallest absolute Gasteiger partial charge is 0.0583 e. The average molecular weight is 320 g/mol. The van der Waals surface area contributed by atoms with Gasteiger partial charge in [-0.1, -0.05) is 26.8 Å². The van der Waals surface area contributed by atoms with E-state index in [2.05, 4.69) is 56.1 Å². The van der Waals surface area contributed by atoms with E-state index in [-0.39, 0.29) is 30.2 Å². The van der Waals surface area contributed by atoms with Crippen molar-refractivity contribution in [1.82, 2.24) is 15.2 Å². The van der Waals surface area contributed by atoms with E-state index in [1.807, 2.05) is 0 Å². The van der Waals surface area contributed by atoms with Crippen LogP contribution in [0.4, 0.5) is 0 Å². The Morgan fingerprint density at radius 2 is 1.75 bits per heavy atom. The number of halogens is 2.